The van der Waals surface area contributed by atoms with Crippen molar-refractivity contribution in [1.29, 1.82) is 0 Å². The number of hydrogen-bond donors (Lipinski definition) is 3. The fraction of sp³-hybridized carbons (Fsp3) is 0.0714. The largest absolute Gasteiger partial charge is 0.508 e. The first-order valence-corrected chi connectivity index (χ1v) is 6.06. The number of rotatable bonds is 3. The van der Waals surface area contributed by atoms with E-state index in [9.17, 15) is 9.90 Å². The Hall–Kier alpha value is -2.20. The molecular weight excluding hydrogens is 264 g/mol. The number of carbonyl (C=O) groups excluding carboxylic acids is 1. The number of hydrogen-bond acceptors (Lipinski definition) is 3. The van der Waals surface area contributed by atoms with Crippen molar-refractivity contribution >= 4 is 28.9 Å². The van der Waals surface area contributed by atoms with Crippen molar-refractivity contribution in [3.63, 3.8) is 0 Å². The van der Waals surface area contributed by atoms with Gasteiger partial charge in [-0.15, -0.1) is 0 Å². The lowest BCUT2D eigenvalue weighted by molar-refractivity contribution is -0.115. The van der Waals surface area contributed by atoms with Gasteiger partial charge in [-0.2, -0.15) is 0 Å². The molecular formula is C14H13ClN2O2. The zero-order valence-corrected chi connectivity index (χ0v) is 10.8. The predicted molar refractivity (Wildman–Crippen MR) is 76.3 cm³/mol. The maximum absolute atomic E-state index is 11.9. The molecule has 0 aliphatic heterocycles. The van der Waals surface area contributed by atoms with E-state index >= 15 is 0 Å². The first-order chi connectivity index (χ1) is 9.08. The molecule has 0 heterocycles. The van der Waals surface area contributed by atoms with Crippen LogP contribution in [0.4, 0.5) is 11.4 Å². The number of amides is 1. The minimum Gasteiger partial charge on any atom is -0.508 e. The molecule has 2 aromatic rings. The molecule has 0 spiro atoms. The van der Waals surface area contributed by atoms with Crippen LogP contribution in [-0.2, 0) is 11.2 Å². The van der Waals surface area contributed by atoms with E-state index < -0.39 is 0 Å². The van der Waals surface area contributed by atoms with E-state index in [-0.39, 0.29) is 18.1 Å². The van der Waals surface area contributed by atoms with E-state index in [4.69, 9.17) is 17.3 Å². The topological polar surface area (TPSA) is 75.3 Å². The quantitative estimate of drug-likeness (QED) is 0.755. The van der Waals surface area contributed by atoms with Gasteiger partial charge in [0.1, 0.15) is 5.75 Å². The number of phenols is 1. The van der Waals surface area contributed by atoms with Crippen molar-refractivity contribution in [2.45, 2.75) is 6.42 Å². The summed E-state index contributed by atoms with van der Waals surface area (Å²) in [4.78, 5) is 11.9. The summed E-state index contributed by atoms with van der Waals surface area (Å²) in [6.07, 6.45) is 0.0529. The van der Waals surface area contributed by atoms with E-state index in [1.165, 1.54) is 6.07 Å². The van der Waals surface area contributed by atoms with E-state index in [1.807, 2.05) is 0 Å². The molecule has 0 aliphatic rings. The van der Waals surface area contributed by atoms with Crippen LogP contribution in [0.5, 0.6) is 5.75 Å². The number of anilines is 2. The van der Waals surface area contributed by atoms with Crippen molar-refractivity contribution in [2.24, 2.45) is 0 Å². The molecule has 0 fully saturated rings. The lowest BCUT2D eigenvalue weighted by Gasteiger charge is -2.10. The zero-order valence-electron chi connectivity index (χ0n) is 10.1. The Morgan fingerprint density at radius 3 is 2.63 bits per heavy atom. The van der Waals surface area contributed by atoms with Gasteiger partial charge in [-0.1, -0.05) is 35.9 Å². The molecule has 5 heteroatoms. The summed E-state index contributed by atoms with van der Waals surface area (Å²) in [5.74, 6) is -0.203. The molecule has 2 aromatic carbocycles. The van der Waals surface area contributed by atoms with Crippen molar-refractivity contribution in [3.05, 3.63) is 53.1 Å². The highest BCUT2D eigenvalue weighted by Crippen LogP contribution is 2.28. The summed E-state index contributed by atoms with van der Waals surface area (Å²) < 4.78 is 0. The van der Waals surface area contributed by atoms with Crippen LogP contribution in [0, 0.1) is 0 Å². The summed E-state index contributed by atoms with van der Waals surface area (Å²) in [6, 6.07) is 11.7. The van der Waals surface area contributed by atoms with Crippen LogP contribution in [0.3, 0.4) is 0 Å². The lowest BCUT2D eigenvalue weighted by atomic mass is 10.1. The smallest absolute Gasteiger partial charge is 0.229 e. The second-order valence-electron chi connectivity index (χ2n) is 4.06. The monoisotopic (exact) mass is 276 g/mol. The van der Waals surface area contributed by atoms with E-state index in [2.05, 4.69) is 5.32 Å². The van der Waals surface area contributed by atoms with Gasteiger partial charge in [0.05, 0.1) is 22.8 Å². The van der Waals surface area contributed by atoms with Gasteiger partial charge in [-0.25, -0.2) is 0 Å². The number of phenolic OH excluding ortho intramolecular Hbond substituents is 1. The summed E-state index contributed by atoms with van der Waals surface area (Å²) in [5.41, 5.74) is 7.09. The summed E-state index contributed by atoms with van der Waals surface area (Å²) in [7, 11) is 0. The Balaban J connectivity index is 2.12. The standard InChI is InChI=1S/C14H13ClN2O2/c15-10-5-3-6-11(16)14(10)17-13(19)8-9-4-1-2-7-12(9)18/h1-7,18H,8,16H2,(H,17,19). The molecule has 0 saturated carbocycles. The fourth-order valence-electron chi connectivity index (χ4n) is 1.69. The molecule has 2 rings (SSSR count). The highest BCUT2D eigenvalue weighted by Gasteiger charge is 2.11. The van der Waals surface area contributed by atoms with Crippen LogP contribution in [-0.4, -0.2) is 11.0 Å². The summed E-state index contributed by atoms with van der Waals surface area (Å²) >= 11 is 5.96. The molecule has 0 unspecified atom stereocenters. The van der Waals surface area contributed by atoms with Crippen molar-refractivity contribution < 1.29 is 9.90 Å². The normalized spacial score (nSPS) is 10.2. The van der Waals surface area contributed by atoms with Crippen molar-refractivity contribution in [3.8, 4) is 5.75 Å². The lowest BCUT2D eigenvalue weighted by Crippen LogP contribution is -2.15. The van der Waals surface area contributed by atoms with Gasteiger partial charge < -0.3 is 16.2 Å². The number of halogens is 1. The molecule has 0 atom stereocenters. The minimum absolute atomic E-state index is 0.0529. The van der Waals surface area contributed by atoms with Crippen LogP contribution in [0.25, 0.3) is 0 Å². The summed E-state index contributed by atoms with van der Waals surface area (Å²) in [5, 5.41) is 12.6. The molecule has 0 radical (unpaired) electrons. The molecule has 4 N–H and O–H groups in total. The van der Waals surface area contributed by atoms with Crippen LogP contribution in [0.2, 0.25) is 5.02 Å². The van der Waals surface area contributed by atoms with E-state index in [0.717, 1.165) is 0 Å². The van der Waals surface area contributed by atoms with Gasteiger partial charge in [-0.05, 0) is 18.2 Å². The highest BCUT2D eigenvalue weighted by molar-refractivity contribution is 6.34. The van der Waals surface area contributed by atoms with Gasteiger partial charge in [0.2, 0.25) is 5.91 Å². The first kappa shape index (κ1) is 13.2. The molecule has 0 aromatic heterocycles. The second kappa shape index (κ2) is 5.63. The molecule has 4 nitrogen and oxygen atoms in total. The predicted octanol–water partition coefficient (Wildman–Crippen LogP) is 2.81. The summed E-state index contributed by atoms with van der Waals surface area (Å²) in [6.45, 7) is 0. The van der Waals surface area contributed by atoms with Crippen molar-refractivity contribution in [1.82, 2.24) is 0 Å². The molecule has 0 aliphatic carbocycles. The van der Waals surface area contributed by atoms with Gasteiger partial charge in [-0.3, -0.25) is 4.79 Å². The Bertz CT molecular complexity index is 594. The maximum Gasteiger partial charge on any atom is 0.229 e. The third-order valence-electron chi connectivity index (χ3n) is 2.65. The van der Waals surface area contributed by atoms with Crippen molar-refractivity contribution in [2.75, 3.05) is 11.1 Å². The Kier molecular flexibility index (Phi) is 3.92. The van der Waals surface area contributed by atoms with Crippen LogP contribution >= 0.6 is 11.6 Å². The van der Waals surface area contributed by atoms with E-state index in [0.29, 0.717) is 22.0 Å². The first-order valence-electron chi connectivity index (χ1n) is 5.68. The third-order valence-corrected chi connectivity index (χ3v) is 2.97. The fourth-order valence-corrected chi connectivity index (χ4v) is 1.92. The Morgan fingerprint density at radius 1 is 1.21 bits per heavy atom. The number of benzene rings is 2. The van der Waals surface area contributed by atoms with Crippen LogP contribution in [0.15, 0.2) is 42.5 Å². The average Bonchev–Trinajstić information content (AvgIpc) is 2.37. The average molecular weight is 277 g/mol. The molecule has 98 valence electrons. The Labute approximate surface area is 115 Å². The van der Waals surface area contributed by atoms with Gasteiger partial charge >= 0.3 is 0 Å². The third kappa shape index (κ3) is 3.17. The maximum atomic E-state index is 11.9. The number of para-hydroxylation sites is 2. The van der Waals surface area contributed by atoms with Crippen LogP contribution in [0.1, 0.15) is 5.56 Å². The second-order valence-corrected chi connectivity index (χ2v) is 4.46. The van der Waals surface area contributed by atoms with Gasteiger partial charge in [0.25, 0.3) is 0 Å². The van der Waals surface area contributed by atoms with Gasteiger partial charge in [0.15, 0.2) is 0 Å². The number of carbonyl (C=O) groups is 1. The van der Waals surface area contributed by atoms with Gasteiger partial charge in [0, 0.05) is 5.56 Å². The number of nitrogen functional groups attached to an aromatic ring is 1. The number of nitrogens with two attached hydrogens (primary N) is 1. The molecule has 0 bridgehead atoms. The molecule has 1 amide bonds. The van der Waals surface area contributed by atoms with Crippen LogP contribution < -0.4 is 11.1 Å². The number of aromatic hydroxyl groups is 1. The van der Waals surface area contributed by atoms with E-state index in [1.54, 1.807) is 36.4 Å². The SMILES string of the molecule is Nc1cccc(Cl)c1NC(=O)Cc1ccccc1O. The Morgan fingerprint density at radius 2 is 1.95 bits per heavy atom. The zero-order chi connectivity index (χ0) is 13.8. The molecule has 19 heavy (non-hydrogen) atoms. The molecule has 0 saturated heterocycles. The highest BCUT2D eigenvalue weighted by atomic mass is 35.5. The number of nitrogens with one attached hydrogen (secondary N) is 1. The minimum atomic E-state index is -0.290.